The molecule has 0 spiro atoms. The van der Waals surface area contributed by atoms with Crippen molar-refractivity contribution >= 4 is 12.1 Å². The highest BCUT2D eigenvalue weighted by Crippen LogP contribution is 2.21. The van der Waals surface area contributed by atoms with E-state index in [0.29, 0.717) is 13.2 Å². The Balaban J connectivity index is 2.12. The van der Waals surface area contributed by atoms with Crippen molar-refractivity contribution in [2.24, 2.45) is 0 Å². The van der Waals surface area contributed by atoms with Crippen LogP contribution in [-0.2, 0) is 4.74 Å². The van der Waals surface area contributed by atoms with Crippen LogP contribution in [-0.4, -0.2) is 42.3 Å². The van der Waals surface area contributed by atoms with Gasteiger partial charge in [-0.15, -0.1) is 0 Å². The molecule has 1 amide bonds. The summed E-state index contributed by atoms with van der Waals surface area (Å²) in [5, 5.41) is 8.79. The lowest BCUT2D eigenvalue weighted by Crippen LogP contribution is -2.39. The fourth-order valence-electron chi connectivity index (χ4n) is 1.84. The van der Waals surface area contributed by atoms with Crippen molar-refractivity contribution in [3.05, 3.63) is 35.4 Å². The van der Waals surface area contributed by atoms with E-state index in [4.69, 9.17) is 9.84 Å². The third kappa shape index (κ3) is 2.38. The number of carbonyl (C=O) groups is 2. The van der Waals surface area contributed by atoms with Gasteiger partial charge in [0.05, 0.1) is 5.56 Å². The van der Waals surface area contributed by atoms with Gasteiger partial charge in [-0.3, -0.25) is 0 Å². The normalized spacial score (nSPS) is 19.9. The summed E-state index contributed by atoms with van der Waals surface area (Å²) in [5.74, 6) is -0.843. The van der Waals surface area contributed by atoms with Gasteiger partial charge in [0.2, 0.25) is 0 Å². The van der Waals surface area contributed by atoms with E-state index in [1.165, 1.54) is 4.90 Å². The molecule has 0 bridgehead atoms. The van der Waals surface area contributed by atoms with Crippen LogP contribution in [0.4, 0.5) is 4.79 Å². The lowest BCUT2D eigenvalue weighted by atomic mass is 9.97. The van der Waals surface area contributed by atoms with Gasteiger partial charge in [0, 0.05) is 19.5 Å². The number of carboxylic acid groups (broad SMARTS) is 1. The van der Waals surface area contributed by atoms with Crippen LogP contribution in [0.25, 0.3) is 0 Å². The van der Waals surface area contributed by atoms with Gasteiger partial charge in [0.1, 0.15) is 6.61 Å². The maximum absolute atomic E-state index is 11.1. The van der Waals surface area contributed by atoms with Gasteiger partial charge >= 0.3 is 12.1 Å². The molecule has 1 heterocycles. The van der Waals surface area contributed by atoms with Gasteiger partial charge in [-0.2, -0.15) is 0 Å². The van der Waals surface area contributed by atoms with Crippen LogP contribution < -0.4 is 0 Å². The van der Waals surface area contributed by atoms with Crippen molar-refractivity contribution < 1.29 is 19.4 Å². The first-order chi connectivity index (χ1) is 8.08. The summed E-state index contributed by atoms with van der Waals surface area (Å²) in [5.41, 5.74) is 1.24. The number of hydrogen-bond donors (Lipinski definition) is 1. The summed E-state index contributed by atoms with van der Waals surface area (Å²) in [6.45, 7) is 0.931. The molecular formula is C12H13NO4. The fourth-order valence-corrected chi connectivity index (χ4v) is 1.84. The number of cyclic esters (lactones) is 1. The van der Waals surface area contributed by atoms with Gasteiger partial charge in [-0.05, 0) is 17.7 Å². The molecule has 1 aliphatic heterocycles. The second kappa shape index (κ2) is 4.45. The number of nitrogens with zero attached hydrogens (tertiary/aromatic N) is 1. The van der Waals surface area contributed by atoms with Crippen LogP contribution in [0.1, 0.15) is 21.8 Å². The van der Waals surface area contributed by atoms with Crippen LogP contribution >= 0.6 is 0 Å². The van der Waals surface area contributed by atoms with E-state index in [2.05, 4.69) is 0 Å². The molecule has 1 N–H and O–H groups in total. The SMILES string of the molecule is CN1CC(c2ccc(C(=O)O)cc2)COC1=O. The minimum atomic E-state index is -0.941. The summed E-state index contributed by atoms with van der Waals surface area (Å²) in [6, 6.07) is 6.66. The van der Waals surface area contributed by atoms with E-state index in [0.717, 1.165) is 5.56 Å². The fraction of sp³-hybridized carbons (Fsp3) is 0.333. The monoisotopic (exact) mass is 235 g/mol. The molecule has 2 rings (SSSR count). The molecule has 1 unspecified atom stereocenters. The summed E-state index contributed by atoms with van der Waals surface area (Å²) >= 11 is 0. The molecule has 0 saturated carbocycles. The lowest BCUT2D eigenvalue weighted by molar-refractivity contribution is 0.0696. The smallest absolute Gasteiger partial charge is 0.409 e. The maximum atomic E-state index is 11.1. The number of likely N-dealkylation sites (N-methyl/N-ethyl adjacent to an activating group) is 1. The van der Waals surface area contributed by atoms with E-state index in [1.807, 2.05) is 0 Å². The maximum Gasteiger partial charge on any atom is 0.409 e. The molecule has 1 aromatic rings. The highest BCUT2D eigenvalue weighted by Gasteiger charge is 2.25. The Morgan fingerprint density at radius 2 is 2.06 bits per heavy atom. The van der Waals surface area contributed by atoms with Crippen LogP contribution in [0.15, 0.2) is 24.3 Å². The molecule has 1 fully saturated rings. The van der Waals surface area contributed by atoms with Crippen molar-refractivity contribution in [2.45, 2.75) is 5.92 Å². The zero-order chi connectivity index (χ0) is 12.4. The Labute approximate surface area is 98.6 Å². The van der Waals surface area contributed by atoms with Crippen molar-refractivity contribution in [3.8, 4) is 0 Å². The van der Waals surface area contributed by atoms with Crippen LogP contribution in [0.5, 0.6) is 0 Å². The Hall–Kier alpha value is -2.04. The van der Waals surface area contributed by atoms with Crippen molar-refractivity contribution in [1.82, 2.24) is 4.90 Å². The van der Waals surface area contributed by atoms with Crippen LogP contribution in [0.3, 0.4) is 0 Å². The molecule has 1 aliphatic rings. The van der Waals surface area contributed by atoms with Crippen molar-refractivity contribution in [1.29, 1.82) is 0 Å². The minimum Gasteiger partial charge on any atom is -0.478 e. The topological polar surface area (TPSA) is 66.8 Å². The number of hydrogen-bond acceptors (Lipinski definition) is 3. The molecule has 0 radical (unpaired) electrons. The van der Waals surface area contributed by atoms with Gasteiger partial charge in [0.25, 0.3) is 0 Å². The van der Waals surface area contributed by atoms with Gasteiger partial charge < -0.3 is 14.7 Å². The largest absolute Gasteiger partial charge is 0.478 e. The summed E-state index contributed by atoms with van der Waals surface area (Å²) in [7, 11) is 1.68. The predicted octanol–water partition coefficient (Wildman–Crippen LogP) is 1.55. The average Bonchev–Trinajstić information content (AvgIpc) is 2.33. The first kappa shape index (κ1) is 11.4. The minimum absolute atomic E-state index is 0.0977. The molecule has 0 aliphatic carbocycles. The molecule has 1 atom stereocenters. The lowest BCUT2D eigenvalue weighted by Gasteiger charge is -2.29. The standard InChI is InChI=1S/C12H13NO4/c1-13-6-10(7-17-12(13)16)8-2-4-9(5-3-8)11(14)15/h2-5,10H,6-7H2,1H3,(H,14,15). The molecule has 5 heteroatoms. The number of aromatic carboxylic acids is 1. The summed E-state index contributed by atoms with van der Waals surface area (Å²) in [4.78, 5) is 23.4. The molecule has 0 aromatic heterocycles. The first-order valence-corrected chi connectivity index (χ1v) is 5.29. The molecule has 1 saturated heterocycles. The molecule has 5 nitrogen and oxygen atoms in total. The third-order valence-corrected chi connectivity index (χ3v) is 2.84. The molecule has 90 valence electrons. The Morgan fingerprint density at radius 1 is 1.41 bits per heavy atom. The zero-order valence-electron chi connectivity index (χ0n) is 9.42. The Morgan fingerprint density at radius 3 is 2.59 bits per heavy atom. The summed E-state index contributed by atoms with van der Waals surface area (Å²) < 4.78 is 5.01. The number of rotatable bonds is 2. The van der Waals surface area contributed by atoms with E-state index in [9.17, 15) is 9.59 Å². The Bertz CT molecular complexity index is 440. The van der Waals surface area contributed by atoms with E-state index in [1.54, 1.807) is 31.3 Å². The first-order valence-electron chi connectivity index (χ1n) is 5.29. The Kier molecular flexibility index (Phi) is 2.99. The quantitative estimate of drug-likeness (QED) is 0.844. The molecule has 17 heavy (non-hydrogen) atoms. The van der Waals surface area contributed by atoms with Gasteiger partial charge in [-0.1, -0.05) is 12.1 Å². The highest BCUT2D eigenvalue weighted by atomic mass is 16.6. The molecular weight excluding hydrogens is 222 g/mol. The third-order valence-electron chi connectivity index (χ3n) is 2.84. The van der Waals surface area contributed by atoms with E-state index < -0.39 is 5.97 Å². The second-order valence-electron chi connectivity index (χ2n) is 4.08. The summed E-state index contributed by atoms with van der Waals surface area (Å²) in [6.07, 6.45) is -0.316. The van der Waals surface area contributed by atoms with E-state index in [-0.39, 0.29) is 17.6 Å². The average molecular weight is 235 g/mol. The van der Waals surface area contributed by atoms with E-state index >= 15 is 0 Å². The van der Waals surface area contributed by atoms with Gasteiger partial charge in [0.15, 0.2) is 0 Å². The molecule has 1 aromatic carbocycles. The number of carbonyl (C=O) groups excluding carboxylic acids is 1. The number of carboxylic acids is 1. The zero-order valence-corrected chi connectivity index (χ0v) is 9.42. The highest BCUT2D eigenvalue weighted by molar-refractivity contribution is 5.87. The number of amides is 1. The van der Waals surface area contributed by atoms with Gasteiger partial charge in [-0.25, -0.2) is 9.59 Å². The number of benzene rings is 1. The van der Waals surface area contributed by atoms with Crippen LogP contribution in [0.2, 0.25) is 0 Å². The number of ether oxygens (including phenoxy) is 1. The van der Waals surface area contributed by atoms with Crippen LogP contribution in [0, 0.1) is 0 Å². The van der Waals surface area contributed by atoms with Crippen molar-refractivity contribution in [3.63, 3.8) is 0 Å². The van der Waals surface area contributed by atoms with Crippen molar-refractivity contribution in [2.75, 3.05) is 20.2 Å². The second-order valence-corrected chi connectivity index (χ2v) is 4.08. The predicted molar refractivity (Wildman–Crippen MR) is 60.1 cm³/mol.